The van der Waals surface area contributed by atoms with Crippen molar-refractivity contribution in [3.05, 3.63) is 39.4 Å². The molecule has 0 bridgehead atoms. The molecule has 0 saturated heterocycles. The lowest BCUT2D eigenvalue weighted by Crippen LogP contribution is -2.33. The fourth-order valence-corrected chi connectivity index (χ4v) is 4.83. The number of urea groups is 1. The highest BCUT2D eigenvalue weighted by Crippen LogP contribution is 2.27. The minimum Gasteiger partial charge on any atom is -0.338 e. The Hall–Kier alpha value is -2.41. The van der Waals surface area contributed by atoms with E-state index < -0.39 is 0 Å². The van der Waals surface area contributed by atoms with Gasteiger partial charge >= 0.3 is 6.03 Å². The highest BCUT2D eigenvalue weighted by molar-refractivity contribution is 7.17. The molecular weight excluding hydrogens is 384 g/mol. The average molecular weight is 415 g/mol. The smallest absolute Gasteiger partial charge is 0.321 e. The Bertz CT molecular complexity index is 877. The van der Waals surface area contributed by atoms with Gasteiger partial charge < -0.3 is 10.6 Å². The maximum Gasteiger partial charge on any atom is 0.321 e. The zero-order valence-corrected chi connectivity index (χ0v) is 18.5. The Morgan fingerprint density at radius 2 is 1.69 bits per heavy atom. The lowest BCUT2D eigenvalue weighted by atomic mass is 9.89. The Kier molecular flexibility index (Phi) is 6.90. The molecule has 0 unspecified atom stereocenters. The van der Waals surface area contributed by atoms with Crippen molar-refractivity contribution >= 4 is 34.1 Å². The fourth-order valence-electron chi connectivity index (χ4n) is 3.98. The second-order valence-corrected chi connectivity index (χ2v) is 9.00. The summed E-state index contributed by atoms with van der Waals surface area (Å²) < 4.78 is 0. The maximum absolute atomic E-state index is 12.8. The van der Waals surface area contributed by atoms with Crippen LogP contribution in [0.4, 0.5) is 15.6 Å². The largest absolute Gasteiger partial charge is 0.338 e. The second kappa shape index (κ2) is 9.39. The quantitative estimate of drug-likeness (QED) is 0.618. The molecule has 1 aliphatic rings. The standard InChI is InChI=1S/C22H30N4O2S/c1-13-10-14(2)18(15(3)11-13)25-20(27)19-16(4)24-22(29-19)26-21(28)23-12-17-8-6-5-7-9-17/h10-11,17H,5-9,12H2,1-4H3,(H,25,27)(H2,23,24,26,28). The van der Waals surface area contributed by atoms with E-state index in [-0.39, 0.29) is 11.9 Å². The molecule has 3 rings (SSSR count). The van der Waals surface area contributed by atoms with Crippen LogP contribution < -0.4 is 16.0 Å². The van der Waals surface area contributed by atoms with E-state index in [1.807, 2.05) is 32.9 Å². The van der Waals surface area contributed by atoms with Crippen LogP contribution >= 0.6 is 11.3 Å². The third-order valence-corrected chi connectivity index (χ3v) is 6.49. The lowest BCUT2D eigenvalue weighted by Gasteiger charge is -2.21. The van der Waals surface area contributed by atoms with Crippen LogP contribution in [0.2, 0.25) is 0 Å². The van der Waals surface area contributed by atoms with Crippen molar-refractivity contribution in [2.24, 2.45) is 5.92 Å². The summed E-state index contributed by atoms with van der Waals surface area (Å²) in [5, 5.41) is 9.14. The van der Waals surface area contributed by atoms with E-state index in [1.54, 1.807) is 6.92 Å². The first-order chi connectivity index (χ1) is 13.8. The molecule has 0 atom stereocenters. The number of hydrogen-bond acceptors (Lipinski definition) is 4. The Morgan fingerprint density at radius 1 is 1.03 bits per heavy atom. The number of nitrogens with zero attached hydrogens (tertiary/aromatic N) is 1. The van der Waals surface area contributed by atoms with Gasteiger partial charge in [0.2, 0.25) is 0 Å². The van der Waals surface area contributed by atoms with Crippen LogP contribution in [-0.4, -0.2) is 23.5 Å². The van der Waals surface area contributed by atoms with Crippen molar-refractivity contribution in [3.8, 4) is 0 Å². The predicted molar refractivity (Wildman–Crippen MR) is 119 cm³/mol. The number of aromatic nitrogens is 1. The summed E-state index contributed by atoms with van der Waals surface area (Å²) in [7, 11) is 0. The summed E-state index contributed by atoms with van der Waals surface area (Å²) in [5.74, 6) is 0.362. The van der Waals surface area contributed by atoms with Crippen LogP contribution in [0, 0.1) is 33.6 Å². The number of rotatable bonds is 5. The number of carbonyl (C=O) groups excluding carboxylic acids is 2. The SMILES string of the molecule is Cc1cc(C)c(NC(=O)c2sc(NC(=O)NCC3CCCCC3)nc2C)c(C)c1. The molecule has 1 saturated carbocycles. The molecule has 156 valence electrons. The van der Waals surface area contributed by atoms with E-state index in [1.165, 1.54) is 43.4 Å². The summed E-state index contributed by atoms with van der Waals surface area (Å²) in [5.41, 5.74) is 4.65. The van der Waals surface area contributed by atoms with E-state index in [0.717, 1.165) is 22.4 Å². The molecule has 3 N–H and O–H groups in total. The number of benzene rings is 1. The van der Waals surface area contributed by atoms with E-state index in [4.69, 9.17) is 0 Å². The Balaban J connectivity index is 1.60. The monoisotopic (exact) mass is 414 g/mol. The maximum atomic E-state index is 12.8. The normalized spacial score (nSPS) is 14.5. The molecule has 0 radical (unpaired) electrons. The molecule has 0 spiro atoms. The van der Waals surface area contributed by atoms with Gasteiger partial charge in [0.25, 0.3) is 5.91 Å². The number of aryl methyl sites for hydroxylation is 4. The number of hydrogen-bond donors (Lipinski definition) is 3. The topological polar surface area (TPSA) is 83.1 Å². The van der Waals surface area contributed by atoms with Crippen molar-refractivity contribution in [1.82, 2.24) is 10.3 Å². The molecule has 7 heteroatoms. The molecule has 1 aromatic heterocycles. The highest BCUT2D eigenvalue weighted by Gasteiger charge is 2.19. The van der Waals surface area contributed by atoms with E-state index in [2.05, 4.69) is 20.9 Å². The minimum absolute atomic E-state index is 0.203. The first-order valence-electron chi connectivity index (χ1n) is 10.2. The zero-order chi connectivity index (χ0) is 21.0. The molecule has 1 fully saturated rings. The van der Waals surface area contributed by atoms with Gasteiger partial charge in [-0.3, -0.25) is 10.1 Å². The second-order valence-electron chi connectivity index (χ2n) is 8.00. The van der Waals surface area contributed by atoms with Crippen molar-refractivity contribution in [2.75, 3.05) is 17.2 Å². The number of nitrogens with one attached hydrogen (secondary N) is 3. The lowest BCUT2D eigenvalue weighted by molar-refractivity contribution is 0.102. The molecule has 1 heterocycles. The predicted octanol–water partition coefficient (Wildman–Crippen LogP) is 5.33. The minimum atomic E-state index is -0.262. The van der Waals surface area contributed by atoms with Crippen molar-refractivity contribution in [2.45, 2.75) is 59.8 Å². The first kappa shape index (κ1) is 21.3. The van der Waals surface area contributed by atoms with Gasteiger partial charge in [-0.15, -0.1) is 0 Å². The fraction of sp³-hybridized carbons (Fsp3) is 0.500. The molecule has 2 aromatic rings. The van der Waals surface area contributed by atoms with Crippen LogP contribution in [0.3, 0.4) is 0 Å². The number of anilines is 2. The molecule has 1 aliphatic carbocycles. The van der Waals surface area contributed by atoms with Gasteiger partial charge in [0.05, 0.1) is 5.69 Å². The number of carbonyl (C=O) groups is 2. The summed E-state index contributed by atoms with van der Waals surface area (Å²) in [6.45, 7) is 8.48. The van der Waals surface area contributed by atoms with Gasteiger partial charge in [0, 0.05) is 12.2 Å². The number of amides is 3. The molecule has 3 amide bonds. The first-order valence-corrected chi connectivity index (χ1v) is 11.1. The third kappa shape index (κ3) is 5.56. The van der Waals surface area contributed by atoms with Crippen LogP contribution in [0.5, 0.6) is 0 Å². The third-order valence-electron chi connectivity index (χ3n) is 5.41. The summed E-state index contributed by atoms with van der Waals surface area (Å²) >= 11 is 1.20. The van der Waals surface area contributed by atoms with E-state index in [9.17, 15) is 9.59 Å². The Morgan fingerprint density at radius 3 is 2.34 bits per heavy atom. The Labute approximate surface area is 176 Å². The summed E-state index contributed by atoms with van der Waals surface area (Å²) in [6.07, 6.45) is 6.15. The van der Waals surface area contributed by atoms with Gasteiger partial charge in [0.1, 0.15) is 4.88 Å². The summed E-state index contributed by atoms with van der Waals surface area (Å²) in [4.78, 5) is 29.8. The van der Waals surface area contributed by atoms with Crippen LogP contribution in [-0.2, 0) is 0 Å². The number of thiazole rings is 1. The molecule has 1 aromatic carbocycles. The highest BCUT2D eigenvalue weighted by atomic mass is 32.1. The molecule has 6 nitrogen and oxygen atoms in total. The van der Waals surface area contributed by atoms with Gasteiger partial charge in [-0.1, -0.05) is 48.3 Å². The van der Waals surface area contributed by atoms with Crippen molar-refractivity contribution < 1.29 is 9.59 Å². The average Bonchev–Trinajstić information content (AvgIpc) is 3.04. The van der Waals surface area contributed by atoms with Crippen LogP contribution in [0.15, 0.2) is 12.1 Å². The van der Waals surface area contributed by atoms with Crippen molar-refractivity contribution in [3.63, 3.8) is 0 Å². The zero-order valence-electron chi connectivity index (χ0n) is 17.6. The van der Waals surface area contributed by atoms with E-state index >= 15 is 0 Å². The van der Waals surface area contributed by atoms with Gasteiger partial charge in [-0.2, -0.15) is 0 Å². The van der Waals surface area contributed by atoms with Crippen LogP contribution in [0.25, 0.3) is 0 Å². The summed E-state index contributed by atoms with van der Waals surface area (Å²) in [6, 6.07) is 3.83. The van der Waals surface area contributed by atoms with Gasteiger partial charge in [-0.25, -0.2) is 9.78 Å². The van der Waals surface area contributed by atoms with Crippen molar-refractivity contribution in [1.29, 1.82) is 0 Å². The van der Waals surface area contributed by atoms with Gasteiger partial charge in [0.15, 0.2) is 5.13 Å². The van der Waals surface area contributed by atoms with E-state index in [0.29, 0.717) is 28.2 Å². The molecule has 29 heavy (non-hydrogen) atoms. The van der Waals surface area contributed by atoms with Crippen LogP contribution in [0.1, 0.15) is 64.2 Å². The molecular formula is C22H30N4O2S. The van der Waals surface area contributed by atoms with Gasteiger partial charge in [-0.05, 0) is 57.6 Å². The molecule has 0 aliphatic heterocycles.